The fourth-order valence-electron chi connectivity index (χ4n) is 2.99. The number of nitrogen functional groups attached to an aromatic ring is 1. The molecule has 2 rings (SSSR count). The van der Waals surface area contributed by atoms with E-state index in [1.54, 1.807) is 0 Å². The molecule has 0 atom stereocenters. The van der Waals surface area contributed by atoms with Crippen molar-refractivity contribution in [1.82, 2.24) is 19.5 Å². The van der Waals surface area contributed by atoms with Crippen molar-refractivity contribution >= 4 is 41.2 Å². The highest BCUT2D eigenvalue weighted by Gasteiger charge is 2.17. The molecule has 2 aromatic rings. The molecule has 0 fully saturated rings. The topological polar surface area (TPSA) is 94.4 Å². The number of thiazole rings is 1. The minimum Gasteiger partial charge on any atom is -0.368 e. The van der Waals surface area contributed by atoms with Crippen LogP contribution in [-0.2, 0) is 6.54 Å². The summed E-state index contributed by atoms with van der Waals surface area (Å²) in [7, 11) is 0. The van der Waals surface area contributed by atoms with Crippen LogP contribution < -0.4 is 15.5 Å². The van der Waals surface area contributed by atoms with Crippen LogP contribution in [0.15, 0.2) is 5.16 Å². The average molecular weight is 438 g/mol. The summed E-state index contributed by atoms with van der Waals surface area (Å²) < 4.78 is 2.89. The summed E-state index contributed by atoms with van der Waals surface area (Å²) in [5.74, 6) is 1.53. The molecule has 0 bridgehead atoms. The molecule has 0 aromatic carbocycles. The van der Waals surface area contributed by atoms with E-state index < -0.39 is 0 Å². The highest BCUT2D eigenvalue weighted by atomic mass is 32.1. The smallest absolute Gasteiger partial charge is 0.352 e. The first-order chi connectivity index (χ1) is 13.6. The first kappa shape index (κ1) is 23.2. The van der Waals surface area contributed by atoms with Gasteiger partial charge in [-0.05, 0) is 44.8 Å². The van der Waals surface area contributed by atoms with Gasteiger partial charge in [0, 0.05) is 25.3 Å². The number of hydrogen-bond acceptors (Lipinski definition) is 9. The van der Waals surface area contributed by atoms with Crippen molar-refractivity contribution in [2.75, 3.05) is 23.7 Å². The van der Waals surface area contributed by atoms with Crippen molar-refractivity contribution in [2.45, 2.75) is 55.0 Å². The van der Waals surface area contributed by atoms with Gasteiger partial charge >= 0.3 is 6.01 Å². The van der Waals surface area contributed by atoms with Gasteiger partial charge < -0.3 is 20.0 Å². The third-order valence-electron chi connectivity index (χ3n) is 4.13. The lowest BCUT2D eigenvalue weighted by atomic mass is 10.1. The van der Waals surface area contributed by atoms with Gasteiger partial charge in [0.25, 0.3) is 0 Å². The van der Waals surface area contributed by atoms with E-state index in [1.807, 2.05) is 13.8 Å². The molecule has 0 saturated carbocycles. The second kappa shape index (κ2) is 10.1. The fraction of sp³-hybridized carbons (Fsp3) is 0.632. The van der Waals surface area contributed by atoms with Crippen molar-refractivity contribution < 1.29 is 4.84 Å². The summed E-state index contributed by atoms with van der Waals surface area (Å²) in [6, 6.07) is 0.0838. The predicted molar refractivity (Wildman–Crippen MR) is 123 cm³/mol. The van der Waals surface area contributed by atoms with E-state index in [1.165, 1.54) is 11.3 Å². The van der Waals surface area contributed by atoms with Crippen molar-refractivity contribution in [1.29, 1.82) is 0 Å². The largest absolute Gasteiger partial charge is 0.368 e. The minimum absolute atomic E-state index is 0.0838. The lowest BCUT2D eigenvalue weighted by Gasteiger charge is -2.26. The molecule has 2 heterocycles. The number of rotatable bonds is 9. The van der Waals surface area contributed by atoms with E-state index >= 15 is 0 Å². The summed E-state index contributed by atoms with van der Waals surface area (Å²) in [5, 5.41) is 4.22. The zero-order chi connectivity index (χ0) is 21.7. The Hall–Kier alpha value is -2.07. The normalized spacial score (nSPS) is 12.1. The molecular formula is C19H31N7OS2. The van der Waals surface area contributed by atoms with E-state index in [2.05, 4.69) is 64.2 Å². The lowest BCUT2D eigenvalue weighted by molar-refractivity contribution is 0.312. The summed E-state index contributed by atoms with van der Waals surface area (Å²) in [6.07, 6.45) is 0. The highest BCUT2D eigenvalue weighted by Crippen LogP contribution is 2.21. The summed E-state index contributed by atoms with van der Waals surface area (Å²) in [6.45, 7) is 17.0. The molecule has 8 nitrogen and oxygen atoms in total. The number of aromatic nitrogens is 4. The van der Waals surface area contributed by atoms with Gasteiger partial charge in [0.05, 0.1) is 10.6 Å². The molecule has 29 heavy (non-hydrogen) atoms. The van der Waals surface area contributed by atoms with Gasteiger partial charge in [-0.15, -0.1) is 11.3 Å². The van der Waals surface area contributed by atoms with E-state index in [-0.39, 0.29) is 12.0 Å². The van der Waals surface area contributed by atoms with Crippen molar-refractivity contribution in [3.8, 4) is 6.01 Å². The van der Waals surface area contributed by atoms with Gasteiger partial charge in [0.1, 0.15) is 0 Å². The van der Waals surface area contributed by atoms with E-state index in [4.69, 9.17) is 22.8 Å². The standard InChI is InChI=1S/C19H31N7OS2/c1-8-26-14(7)15(29-19(26)28)13(6)24-27-18-22-16(20)21-17(23-18)25(9-11(2)3)10-12(4)5/h11-12H,8-10H2,1-7H3,(H2,20,21,22,23)/b24-13+. The molecule has 0 unspecified atom stereocenters. The SMILES string of the molecule is CCn1c(C)c(/C(C)=N/Oc2nc(N)nc(N(CC(C)C)CC(C)C)n2)sc1=S. The Labute approximate surface area is 181 Å². The molecule has 0 amide bonds. The van der Waals surface area contributed by atoms with Gasteiger partial charge in [-0.1, -0.05) is 32.9 Å². The third kappa shape index (κ3) is 6.20. The van der Waals surface area contributed by atoms with Crippen LogP contribution in [0, 0.1) is 22.7 Å². The van der Waals surface area contributed by atoms with E-state index in [0.717, 1.165) is 34.2 Å². The average Bonchev–Trinajstić information content (AvgIpc) is 2.91. The molecule has 0 aliphatic rings. The second-order valence-electron chi connectivity index (χ2n) is 7.76. The van der Waals surface area contributed by atoms with Gasteiger partial charge in [-0.2, -0.15) is 15.0 Å². The molecule has 0 radical (unpaired) electrons. The van der Waals surface area contributed by atoms with Crippen molar-refractivity contribution in [3.63, 3.8) is 0 Å². The summed E-state index contributed by atoms with van der Waals surface area (Å²) in [4.78, 5) is 21.4. The van der Waals surface area contributed by atoms with Gasteiger partial charge in [0.2, 0.25) is 11.9 Å². The summed E-state index contributed by atoms with van der Waals surface area (Å²) in [5.41, 5.74) is 7.70. The van der Waals surface area contributed by atoms with Crippen LogP contribution in [0.2, 0.25) is 0 Å². The van der Waals surface area contributed by atoms with E-state index in [0.29, 0.717) is 23.5 Å². The zero-order valence-corrected chi connectivity index (χ0v) is 19.9. The van der Waals surface area contributed by atoms with Gasteiger partial charge in [-0.3, -0.25) is 0 Å². The Morgan fingerprint density at radius 2 is 1.83 bits per heavy atom. The van der Waals surface area contributed by atoms with E-state index in [9.17, 15) is 0 Å². The first-order valence-corrected chi connectivity index (χ1v) is 11.0. The Kier molecular flexibility index (Phi) is 8.09. The highest BCUT2D eigenvalue weighted by molar-refractivity contribution is 7.73. The Morgan fingerprint density at radius 3 is 2.34 bits per heavy atom. The molecule has 0 aliphatic heterocycles. The second-order valence-corrected chi connectivity index (χ2v) is 9.41. The number of oxime groups is 1. The maximum Gasteiger partial charge on any atom is 0.352 e. The molecular weight excluding hydrogens is 406 g/mol. The fourth-order valence-corrected chi connectivity index (χ4v) is 4.50. The zero-order valence-electron chi connectivity index (χ0n) is 18.3. The molecule has 0 spiro atoms. The first-order valence-electron chi connectivity index (χ1n) is 9.81. The molecule has 2 aromatic heterocycles. The number of anilines is 2. The molecule has 0 saturated heterocycles. The van der Waals surface area contributed by atoms with Crippen LogP contribution >= 0.6 is 23.6 Å². The quantitative estimate of drug-likeness (QED) is 0.355. The van der Waals surface area contributed by atoms with Crippen molar-refractivity contribution in [3.05, 3.63) is 14.5 Å². The molecule has 0 aliphatic carbocycles. The molecule has 160 valence electrons. The van der Waals surface area contributed by atoms with Crippen LogP contribution in [0.5, 0.6) is 6.01 Å². The van der Waals surface area contributed by atoms with Crippen LogP contribution in [0.4, 0.5) is 11.9 Å². The minimum atomic E-state index is 0.0838. The van der Waals surface area contributed by atoms with Crippen LogP contribution in [0.25, 0.3) is 0 Å². The Bertz CT molecular complexity index is 908. The maximum absolute atomic E-state index is 5.91. The monoisotopic (exact) mass is 437 g/mol. The summed E-state index contributed by atoms with van der Waals surface area (Å²) >= 11 is 6.93. The Morgan fingerprint density at radius 1 is 1.21 bits per heavy atom. The maximum atomic E-state index is 5.91. The third-order valence-corrected chi connectivity index (χ3v) is 5.79. The van der Waals surface area contributed by atoms with Gasteiger partial charge in [-0.25, -0.2) is 0 Å². The Balaban J connectivity index is 2.29. The van der Waals surface area contributed by atoms with Crippen LogP contribution in [-0.4, -0.2) is 38.3 Å². The van der Waals surface area contributed by atoms with Crippen LogP contribution in [0.1, 0.15) is 52.1 Å². The molecule has 2 N–H and O–H groups in total. The number of nitrogens with two attached hydrogens (primary N) is 1. The molecule has 10 heteroatoms. The van der Waals surface area contributed by atoms with Gasteiger partial charge in [0.15, 0.2) is 3.95 Å². The van der Waals surface area contributed by atoms with Crippen LogP contribution in [0.3, 0.4) is 0 Å². The van der Waals surface area contributed by atoms with Crippen molar-refractivity contribution in [2.24, 2.45) is 17.0 Å². The number of nitrogens with zero attached hydrogens (tertiary/aromatic N) is 6. The predicted octanol–water partition coefficient (Wildman–Crippen LogP) is 4.30. The number of hydrogen-bond donors (Lipinski definition) is 1. The lowest BCUT2D eigenvalue weighted by Crippen LogP contribution is -2.33.